The molecule has 8 heteroatoms. The molecule has 42 heavy (non-hydrogen) atoms. The van der Waals surface area contributed by atoms with Gasteiger partial charge in [-0.1, -0.05) is 63.8 Å². The molecule has 8 nitrogen and oxygen atoms in total. The molecule has 1 fully saturated rings. The number of benzene rings is 2. The molecule has 0 aliphatic carbocycles. The molecule has 1 saturated heterocycles. The fraction of sp³-hybridized carbons (Fsp3) is 0.529. The number of methoxy groups -OCH3 is 2. The summed E-state index contributed by atoms with van der Waals surface area (Å²) in [6.07, 6.45) is 10.1. The van der Waals surface area contributed by atoms with Gasteiger partial charge in [0.2, 0.25) is 0 Å². The molecule has 0 bridgehead atoms. The second-order valence-corrected chi connectivity index (χ2v) is 11.7. The first kappa shape index (κ1) is 32.8. The maximum absolute atomic E-state index is 12.8. The van der Waals surface area contributed by atoms with Crippen LogP contribution in [0.1, 0.15) is 83.8 Å². The van der Waals surface area contributed by atoms with E-state index in [-0.39, 0.29) is 11.4 Å². The van der Waals surface area contributed by atoms with Crippen molar-refractivity contribution < 1.29 is 28.5 Å². The van der Waals surface area contributed by atoms with Gasteiger partial charge in [0, 0.05) is 26.5 Å². The fourth-order valence-electron chi connectivity index (χ4n) is 4.79. The number of anilines is 1. The zero-order chi connectivity index (χ0) is 30.5. The van der Waals surface area contributed by atoms with E-state index in [2.05, 4.69) is 48.7 Å². The van der Waals surface area contributed by atoms with Gasteiger partial charge in [-0.15, -0.1) is 0 Å². The van der Waals surface area contributed by atoms with Crippen molar-refractivity contribution in [2.45, 2.75) is 91.3 Å². The molecule has 3 rings (SSSR count). The van der Waals surface area contributed by atoms with Gasteiger partial charge in [-0.2, -0.15) is 0 Å². The zero-order valence-corrected chi connectivity index (χ0v) is 26.1. The Morgan fingerprint density at radius 2 is 1.40 bits per heavy atom. The van der Waals surface area contributed by atoms with Crippen LogP contribution in [0.15, 0.2) is 53.9 Å². The van der Waals surface area contributed by atoms with Crippen LogP contribution < -0.4 is 20.1 Å². The molecular weight excluding hydrogens is 532 g/mol. The van der Waals surface area contributed by atoms with Gasteiger partial charge >= 0.3 is 11.9 Å². The van der Waals surface area contributed by atoms with E-state index >= 15 is 0 Å². The van der Waals surface area contributed by atoms with E-state index in [0.717, 1.165) is 38.0 Å². The number of unbranched alkanes of at least 4 members (excludes halogenated alkanes) is 5. The number of hydrogen-bond donors (Lipinski definition) is 2. The third-order valence-electron chi connectivity index (χ3n) is 7.23. The summed E-state index contributed by atoms with van der Waals surface area (Å²) >= 11 is 0. The molecule has 0 radical (unpaired) electrons. The first-order chi connectivity index (χ1) is 20.1. The van der Waals surface area contributed by atoms with Gasteiger partial charge in [-0.25, -0.2) is 9.59 Å². The molecule has 230 valence electrons. The van der Waals surface area contributed by atoms with Crippen LogP contribution in [-0.4, -0.2) is 38.5 Å². The molecule has 1 heterocycles. The SMILES string of the molecule is COc1ccc(NC(NCCCCCCCCc2ccc(CCC(C)C)cc2)=C2C(=O)OC(C)(C)OC2=O)c(OC)c1. The van der Waals surface area contributed by atoms with Crippen LogP contribution in [0.5, 0.6) is 11.5 Å². The van der Waals surface area contributed by atoms with E-state index in [4.69, 9.17) is 18.9 Å². The molecule has 0 saturated carbocycles. The maximum atomic E-state index is 12.8. The molecular formula is C34H48N2O6. The van der Waals surface area contributed by atoms with Crippen molar-refractivity contribution in [1.29, 1.82) is 0 Å². The first-order valence-electron chi connectivity index (χ1n) is 15.1. The van der Waals surface area contributed by atoms with Crippen molar-refractivity contribution in [3.8, 4) is 11.5 Å². The number of cyclic esters (lactones) is 2. The molecule has 0 unspecified atom stereocenters. The Hall–Kier alpha value is -3.68. The number of hydrogen-bond acceptors (Lipinski definition) is 8. The first-order valence-corrected chi connectivity index (χ1v) is 15.1. The predicted octanol–water partition coefficient (Wildman–Crippen LogP) is 6.92. The van der Waals surface area contributed by atoms with E-state index < -0.39 is 17.7 Å². The highest BCUT2D eigenvalue weighted by Gasteiger charge is 2.41. The Balaban J connectivity index is 1.48. The number of carbonyl (C=O) groups is 2. The molecule has 1 aliphatic rings. The summed E-state index contributed by atoms with van der Waals surface area (Å²) in [5.41, 5.74) is 3.19. The van der Waals surface area contributed by atoms with Gasteiger partial charge in [0.05, 0.1) is 19.9 Å². The topological polar surface area (TPSA) is 95.1 Å². The van der Waals surface area contributed by atoms with Crippen LogP contribution in [0, 0.1) is 5.92 Å². The van der Waals surface area contributed by atoms with Crippen LogP contribution in [0.25, 0.3) is 0 Å². The molecule has 0 atom stereocenters. The number of rotatable bonds is 17. The van der Waals surface area contributed by atoms with Crippen molar-refractivity contribution in [1.82, 2.24) is 5.32 Å². The highest BCUT2D eigenvalue weighted by atomic mass is 16.7. The normalized spacial score (nSPS) is 14.3. The number of carbonyl (C=O) groups excluding carboxylic acids is 2. The molecule has 2 aromatic rings. The van der Waals surface area contributed by atoms with E-state index in [1.807, 2.05) is 0 Å². The quantitative estimate of drug-likeness (QED) is 0.0901. The largest absolute Gasteiger partial charge is 0.497 e. The average molecular weight is 581 g/mol. The van der Waals surface area contributed by atoms with Gasteiger partial charge in [-0.05, 0) is 61.3 Å². The Bertz CT molecular complexity index is 1180. The highest BCUT2D eigenvalue weighted by Crippen LogP contribution is 2.31. The summed E-state index contributed by atoms with van der Waals surface area (Å²) in [6.45, 7) is 8.16. The second-order valence-electron chi connectivity index (χ2n) is 11.7. The Kier molecular flexibility index (Phi) is 12.6. The number of ether oxygens (including phenoxy) is 4. The zero-order valence-electron chi connectivity index (χ0n) is 26.1. The highest BCUT2D eigenvalue weighted by molar-refractivity contribution is 6.16. The molecule has 0 aromatic heterocycles. The minimum absolute atomic E-state index is 0.208. The lowest BCUT2D eigenvalue weighted by Crippen LogP contribution is -2.44. The molecule has 0 spiro atoms. The van der Waals surface area contributed by atoms with Crippen molar-refractivity contribution >= 4 is 17.6 Å². The van der Waals surface area contributed by atoms with Crippen molar-refractivity contribution in [3.05, 3.63) is 65.0 Å². The van der Waals surface area contributed by atoms with E-state index in [0.29, 0.717) is 23.7 Å². The minimum Gasteiger partial charge on any atom is -0.497 e. The predicted molar refractivity (Wildman–Crippen MR) is 165 cm³/mol. The monoisotopic (exact) mass is 580 g/mol. The van der Waals surface area contributed by atoms with E-state index in [1.165, 1.54) is 57.8 Å². The van der Waals surface area contributed by atoms with Crippen LogP contribution in [-0.2, 0) is 31.9 Å². The van der Waals surface area contributed by atoms with Crippen LogP contribution >= 0.6 is 0 Å². The average Bonchev–Trinajstić information content (AvgIpc) is 2.94. The van der Waals surface area contributed by atoms with Gasteiger partial charge in [0.15, 0.2) is 5.57 Å². The summed E-state index contributed by atoms with van der Waals surface area (Å²) in [6, 6.07) is 14.3. The van der Waals surface area contributed by atoms with Crippen molar-refractivity contribution in [2.24, 2.45) is 5.92 Å². The molecule has 0 amide bonds. The van der Waals surface area contributed by atoms with Crippen LogP contribution in [0.3, 0.4) is 0 Å². The Labute approximate surface area is 251 Å². The lowest BCUT2D eigenvalue weighted by Gasteiger charge is -2.31. The van der Waals surface area contributed by atoms with Crippen LogP contribution in [0.2, 0.25) is 0 Å². The fourth-order valence-corrected chi connectivity index (χ4v) is 4.79. The van der Waals surface area contributed by atoms with Crippen LogP contribution in [0.4, 0.5) is 5.69 Å². The summed E-state index contributed by atoms with van der Waals surface area (Å²) in [7, 11) is 3.11. The van der Waals surface area contributed by atoms with Gasteiger partial charge < -0.3 is 29.6 Å². The third kappa shape index (κ3) is 10.3. The second kappa shape index (κ2) is 16.1. The summed E-state index contributed by atoms with van der Waals surface area (Å²) in [5.74, 6) is -0.742. The Morgan fingerprint density at radius 3 is 2.00 bits per heavy atom. The minimum atomic E-state index is -1.32. The van der Waals surface area contributed by atoms with E-state index in [9.17, 15) is 9.59 Å². The standard InChI is InChI=1S/C34H48N2O6/c1-24(2)14-15-26-18-16-25(17-19-26)13-11-9-7-8-10-12-22-35-31(30-32(37)41-34(3,4)42-33(30)38)36-28-21-20-27(39-5)23-29(28)40-6/h16-21,23-24,35-36H,7-15,22H2,1-6H3. The van der Waals surface area contributed by atoms with Crippen molar-refractivity contribution in [3.63, 3.8) is 0 Å². The van der Waals surface area contributed by atoms with Gasteiger partial charge in [0.1, 0.15) is 17.3 Å². The lowest BCUT2D eigenvalue weighted by atomic mass is 10.00. The smallest absolute Gasteiger partial charge is 0.352 e. The summed E-state index contributed by atoms with van der Waals surface area (Å²) in [4.78, 5) is 25.6. The van der Waals surface area contributed by atoms with Gasteiger partial charge in [-0.3, -0.25) is 0 Å². The molecule has 2 N–H and O–H groups in total. The van der Waals surface area contributed by atoms with Crippen molar-refractivity contribution in [2.75, 3.05) is 26.1 Å². The molecule has 1 aliphatic heterocycles. The van der Waals surface area contributed by atoms with E-state index in [1.54, 1.807) is 25.3 Å². The lowest BCUT2D eigenvalue weighted by molar-refractivity contribution is -0.222. The number of aryl methyl sites for hydroxylation is 2. The maximum Gasteiger partial charge on any atom is 0.352 e. The molecule has 2 aromatic carbocycles. The summed E-state index contributed by atoms with van der Waals surface area (Å²) in [5, 5.41) is 6.37. The van der Waals surface area contributed by atoms with Gasteiger partial charge in [0.25, 0.3) is 5.79 Å². The number of nitrogens with one attached hydrogen (secondary N) is 2. The third-order valence-corrected chi connectivity index (χ3v) is 7.23. The number of esters is 2. The summed E-state index contributed by atoms with van der Waals surface area (Å²) < 4.78 is 21.4. The Morgan fingerprint density at radius 1 is 0.810 bits per heavy atom.